The van der Waals surface area contributed by atoms with E-state index >= 15 is 0 Å². The molecule has 0 bridgehead atoms. The van der Waals surface area contributed by atoms with E-state index in [9.17, 15) is 9.90 Å². The van der Waals surface area contributed by atoms with Crippen molar-refractivity contribution in [3.05, 3.63) is 71.3 Å². The number of fused-ring (bicyclic) bond motifs is 1. The van der Waals surface area contributed by atoms with Crippen LogP contribution in [0, 0.1) is 0 Å². The van der Waals surface area contributed by atoms with Crippen LogP contribution in [0.5, 0.6) is 5.75 Å². The molecule has 1 atom stereocenters. The Morgan fingerprint density at radius 3 is 2.56 bits per heavy atom. The van der Waals surface area contributed by atoms with Crippen molar-refractivity contribution in [1.29, 1.82) is 0 Å². The molecule has 176 valence electrons. The fourth-order valence-electron chi connectivity index (χ4n) is 3.93. The molecule has 0 saturated carbocycles. The summed E-state index contributed by atoms with van der Waals surface area (Å²) in [6.45, 7) is 3.77. The number of benzene rings is 2. The number of β-amino-alcohol motifs (C(OH)–C–C–N with tert-alkyl or cyclic N) is 1. The molecule has 10 heteroatoms. The summed E-state index contributed by atoms with van der Waals surface area (Å²) in [5.41, 5.74) is 8.06. The maximum Gasteiger partial charge on any atom is 0.355 e. The summed E-state index contributed by atoms with van der Waals surface area (Å²) < 4.78 is 13.8. The van der Waals surface area contributed by atoms with E-state index < -0.39 is 6.10 Å². The van der Waals surface area contributed by atoms with Gasteiger partial charge in [-0.05, 0) is 36.4 Å². The monoisotopic (exact) mass is 462 g/mol. The molecule has 1 aliphatic heterocycles. The second-order valence-corrected chi connectivity index (χ2v) is 8.14. The predicted octanol–water partition coefficient (Wildman–Crippen LogP) is 1.20. The van der Waals surface area contributed by atoms with Gasteiger partial charge in [-0.2, -0.15) is 4.68 Å². The molecule has 5 rings (SSSR count). The fraction of sp³-hybridized carbons (Fsp3) is 0.292. The summed E-state index contributed by atoms with van der Waals surface area (Å²) in [5.74, 6) is 0.795. The summed E-state index contributed by atoms with van der Waals surface area (Å²) in [6.07, 6.45) is 1.04. The van der Waals surface area contributed by atoms with E-state index in [0.29, 0.717) is 42.5 Å². The lowest BCUT2D eigenvalue weighted by Gasteiger charge is -2.28. The third kappa shape index (κ3) is 4.65. The van der Waals surface area contributed by atoms with Crippen molar-refractivity contribution in [2.24, 2.45) is 0 Å². The van der Waals surface area contributed by atoms with Crippen molar-refractivity contribution >= 4 is 11.5 Å². The minimum Gasteiger partial charge on any atom is -0.491 e. The first kappa shape index (κ1) is 22.1. The Bertz CT molecular complexity index is 1310. The van der Waals surface area contributed by atoms with Crippen LogP contribution in [-0.2, 0) is 4.74 Å². The first-order valence-electron chi connectivity index (χ1n) is 11.1. The molecule has 0 aliphatic carbocycles. The van der Waals surface area contributed by atoms with Crippen LogP contribution in [-0.4, -0.2) is 74.7 Å². The normalized spacial score (nSPS) is 15.4. The molecular formula is C24H26N6O4. The zero-order valence-electron chi connectivity index (χ0n) is 18.6. The van der Waals surface area contributed by atoms with Gasteiger partial charge in [0.05, 0.1) is 24.6 Å². The van der Waals surface area contributed by atoms with Crippen molar-refractivity contribution in [1.82, 2.24) is 24.1 Å². The Balaban J connectivity index is 1.31. The van der Waals surface area contributed by atoms with E-state index in [0.717, 1.165) is 18.7 Å². The summed E-state index contributed by atoms with van der Waals surface area (Å²) >= 11 is 0. The van der Waals surface area contributed by atoms with Crippen molar-refractivity contribution in [2.75, 3.05) is 45.2 Å². The van der Waals surface area contributed by atoms with E-state index in [-0.39, 0.29) is 18.1 Å². The van der Waals surface area contributed by atoms with E-state index in [1.807, 2.05) is 30.3 Å². The van der Waals surface area contributed by atoms with Gasteiger partial charge in [0, 0.05) is 31.4 Å². The molecule has 3 heterocycles. The number of nitrogens with zero attached hydrogens (tertiary/aromatic N) is 5. The largest absolute Gasteiger partial charge is 0.491 e. The SMILES string of the molecule is Nc1nc(-c2ccc(OCC(O)CN3CCOCC3)cc2)cn2c(=O)n(-c3ccccc3)nc12. The predicted molar refractivity (Wildman–Crippen MR) is 127 cm³/mol. The smallest absolute Gasteiger partial charge is 0.355 e. The summed E-state index contributed by atoms with van der Waals surface area (Å²) in [6, 6.07) is 16.4. The maximum atomic E-state index is 12.9. The number of nitrogens with two attached hydrogens (primary N) is 1. The van der Waals surface area contributed by atoms with Crippen molar-refractivity contribution in [2.45, 2.75) is 6.10 Å². The lowest BCUT2D eigenvalue weighted by molar-refractivity contribution is 0.00465. The molecular weight excluding hydrogens is 436 g/mol. The molecule has 0 amide bonds. The van der Waals surface area contributed by atoms with Crippen LogP contribution in [0.3, 0.4) is 0 Å². The maximum absolute atomic E-state index is 12.9. The van der Waals surface area contributed by atoms with E-state index in [4.69, 9.17) is 15.2 Å². The standard InChI is InChI=1S/C24H26N6O4/c25-22-23-27-30(18-4-2-1-3-5-18)24(32)29(23)15-21(26-22)17-6-8-20(9-7-17)34-16-19(31)14-28-10-12-33-13-11-28/h1-9,15,19,31H,10-14,16H2,(H2,25,26). The zero-order valence-corrected chi connectivity index (χ0v) is 18.6. The third-order valence-corrected chi connectivity index (χ3v) is 5.70. The number of aromatic nitrogens is 4. The van der Waals surface area contributed by atoms with Crippen LogP contribution in [0.1, 0.15) is 0 Å². The average molecular weight is 463 g/mol. The van der Waals surface area contributed by atoms with Crippen LogP contribution < -0.4 is 16.2 Å². The highest BCUT2D eigenvalue weighted by molar-refractivity contribution is 5.67. The van der Waals surface area contributed by atoms with Gasteiger partial charge in [0.15, 0.2) is 5.82 Å². The summed E-state index contributed by atoms with van der Waals surface area (Å²) in [5, 5.41) is 14.6. The Labute approximate surface area is 195 Å². The quantitative estimate of drug-likeness (QED) is 0.420. The summed E-state index contributed by atoms with van der Waals surface area (Å²) in [4.78, 5) is 19.5. The highest BCUT2D eigenvalue weighted by Gasteiger charge is 2.16. The van der Waals surface area contributed by atoms with Gasteiger partial charge in [-0.15, -0.1) is 5.10 Å². The first-order chi connectivity index (χ1) is 16.6. The van der Waals surface area contributed by atoms with E-state index in [2.05, 4.69) is 15.0 Å². The number of ether oxygens (including phenoxy) is 2. The number of morpholine rings is 1. The number of hydrogen-bond donors (Lipinski definition) is 2. The number of anilines is 1. The fourth-order valence-corrected chi connectivity index (χ4v) is 3.93. The number of rotatable bonds is 7. The molecule has 1 fully saturated rings. The lowest BCUT2D eigenvalue weighted by atomic mass is 10.1. The Morgan fingerprint density at radius 1 is 1.09 bits per heavy atom. The molecule has 1 saturated heterocycles. The number of aliphatic hydroxyl groups is 1. The Morgan fingerprint density at radius 2 is 1.82 bits per heavy atom. The van der Waals surface area contributed by atoms with E-state index in [1.165, 1.54) is 9.08 Å². The number of hydrogen-bond acceptors (Lipinski definition) is 8. The minimum absolute atomic E-state index is 0.163. The topological polar surface area (TPSA) is 120 Å². The van der Waals surface area contributed by atoms with Crippen LogP contribution in [0.15, 0.2) is 65.6 Å². The van der Waals surface area contributed by atoms with Crippen LogP contribution in [0.25, 0.3) is 22.6 Å². The molecule has 0 spiro atoms. The van der Waals surface area contributed by atoms with Crippen LogP contribution in [0.2, 0.25) is 0 Å². The molecule has 1 aliphatic rings. The average Bonchev–Trinajstić information content (AvgIpc) is 3.21. The molecule has 0 radical (unpaired) electrons. The molecule has 34 heavy (non-hydrogen) atoms. The van der Waals surface area contributed by atoms with Crippen molar-refractivity contribution in [3.63, 3.8) is 0 Å². The molecule has 4 aromatic rings. The van der Waals surface area contributed by atoms with Gasteiger partial charge in [-0.25, -0.2) is 14.2 Å². The highest BCUT2D eigenvalue weighted by atomic mass is 16.5. The van der Waals surface area contributed by atoms with Gasteiger partial charge in [0.25, 0.3) is 0 Å². The molecule has 1 unspecified atom stereocenters. The number of nitrogen functional groups attached to an aromatic ring is 1. The van der Waals surface area contributed by atoms with Gasteiger partial charge in [0.1, 0.15) is 18.5 Å². The molecule has 2 aromatic carbocycles. The Kier molecular flexibility index (Phi) is 6.26. The Hall–Kier alpha value is -3.73. The number of para-hydroxylation sites is 1. The van der Waals surface area contributed by atoms with Gasteiger partial charge < -0.3 is 20.3 Å². The summed E-state index contributed by atoms with van der Waals surface area (Å²) in [7, 11) is 0. The van der Waals surface area contributed by atoms with Crippen molar-refractivity contribution in [3.8, 4) is 22.7 Å². The molecule has 2 aromatic heterocycles. The first-order valence-corrected chi connectivity index (χ1v) is 11.1. The zero-order chi connectivity index (χ0) is 23.5. The van der Waals surface area contributed by atoms with Crippen LogP contribution >= 0.6 is 0 Å². The highest BCUT2D eigenvalue weighted by Crippen LogP contribution is 2.23. The molecule has 10 nitrogen and oxygen atoms in total. The molecule has 3 N–H and O–H groups in total. The second-order valence-electron chi connectivity index (χ2n) is 8.14. The number of aliphatic hydroxyl groups excluding tert-OH is 1. The van der Waals surface area contributed by atoms with Crippen molar-refractivity contribution < 1.29 is 14.6 Å². The van der Waals surface area contributed by atoms with Gasteiger partial charge >= 0.3 is 5.69 Å². The van der Waals surface area contributed by atoms with E-state index in [1.54, 1.807) is 30.5 Å². The van der Waals surface area contributed by atoms with Gasteiger partial charge in [0.2, 0.25) is 5.65 Å². The lowest BCUT2D eigenvalue weighted by Crippen LogP contribution is -2.42. The van der Waals surface area contributed by atoms with Crippen LogP contribution in [0.4, 0.5) is 5.82 Å². The van der Waals surface area contributed by atoms with Gasteiger partial charge in [-0.3, -0.25) is 4.90 Å². The third-order valence-electron chi connectivity index (χ3n) is 5.70. The van der Waals surface area contributed by atoms with Gasteiger partial charge in [-0.1, -0.05) is 18.2 Å². The second kappa shape index (κ2) is 9.64. The minimum atomic E-state index is -0.588.